The van der Waals surface area contributed by atoms with Crippen molar-refractivity contribution in [2.75, 3.05) is 0 Å². The van der Waals surface area contributed by atoms with Crippen molar-refractivity contribution in [2.24, 2.45) is 0 Å². The van der Waals surface area contributed by atoms with Crippen LogP contribution in [0.4, 0.5) is 0 Å². The van der Waals surface area contributed by atoms with Crippen molar-refractivity contribution in [3.63, 3.8) is 0 Å². The predicted molar refractivity (Wildman–Crippen MR) is 91.4 cm³/mol. The number of aliphatic hydroxyl groups excluding tert-OH is 1. The number of phenols is 4. The van der Waals surface area contributed by atoms with Gasteiger partial charge in [0.25, 0.3) is 0 Å². The van der Waals surface area contributed by atoms with E-state index < -0.39 is 6.10 Å². The summed E-state index contributed by atoms with van der Waals surface area (Å²) in [7, 11) is 0. The molecule has 24 heavy (non-hydrogen) atoms. The van der Waals surface area contributed by atoms with Gasteiger partial charge in [-0.3, -0.25) is 0 Å². The molecule has 5 nitrogen and oxygen atoms in total. The van der Waals surface area contributed by atoms with E-state index in [0.29, 0.717) is 19.3 Å². The van der Waals surface area contributed by atoms with E-state index in [9.17, 15) is 25.5 Å². The van der Waals surface area contributed by atoms with Crippen LogP contribution in [0.25, 0.3) is 0 Å². The number of benzene rings is 2. The fourth-order valence-corrected chi connectivity index (χ4v) is 2.64. The molecule has 0 aliphatic rings. The van der Waals surface area contributed by atoms with Gasteiger partial charge in [-0.25, -0.2) is 0 Å². The summed E-state index contributed by atoms with van der Waals surface area (Å²) >= 11 is 0. The molecule has 0 radical (unpaired) electrons. The molecular formula is C19H24O5. The van der Waals surface area contributed by atoms with Crippen LogP contribution in [0.15, 0.2) is 36.4 Å². The molecule has 5 N–H and O–H groups in total. The Balaban J connectivity index is 1.66. The van der Waals surface area contributed by atoms with E-state index in [0.717, 1.165) is 30.4 Å². The molecule has 0 fully saturated rings. The Morgan fingerprint density at radius 3 is 1.71 bits per heavy atom. The predicted octanol–water partition coefficient (Wildman–Crippen LogP) is 3.22. The Kier molecular flexibility index (Phi) is 6.32. The molecule has 1 atom stereocenters. The first kappa shape index (κ1) is 17.9. The Morgan fingerprint density at radius 2 is 1.17 bits per heavy atom. The van der Waals surface area contributed by atoms with E-state index in [-0.39, 0.29) is 23.0 Å². The number of unbranched alkanes of at least 4 members (excludes halogenated alkanes) is 1. The molecule has 0 saturated carbocycles. The Morgan fingerprint density at radius 1 is 0.625 bits per heavy atom. The first-order valence-corrected chi connectivity index (χ1v) is 8.15. The van der Waals surface area contributed by atoms with Crippen molar-refractivity contribution in [1.82, 2.24) is 0 Å². The second-order valence-electron chi connectivity index (χ2n) is 6.08. The van der Waals surface area contributed by atoms with Crippen LogP contribution in [0.5, 0.6) is 23.0 Å². The summed E-state index contributed by atoms with van der Waals surface area (Å²) in [6.45, 7) is 0. The summed E-state index contributed by atoms with van der Waals surface area (Å²) in [6, 6.07) is 9.51. The minimum Gasteiger partial charge on any atom is -0.504 e. The van der Waals surface area contributed by atoms with Crippen LogP contribution in [-0.2, 0) is 12.8 Å². The molecule has 0 aliphatic carbocycles. The van der Waals surface area contributed by atoms with Crippen molar-refractivity contribution >= 4 is 0 Å². The summed E-state index contributed by atoms with van der Waals surface area (Å²) in [6.07, 6.45) is 4.06. The number of hydrogen-bond acceptors (Lipinski definition) is 5. The van der Waals surface area contributed by atoms with Gasteiger partial charge in [0.2, 0.25) is 0 Å². The fraction of sp³-hybridized carbons (Fsp3) is 0.368. The number of aromatic hydroxyl groups is 4. The van der Waals surface area contributed by atoms with Crippen molar-refractivity contribution < 1.29 is 25.5 Å². The molecule has 5 heteroatoms. The molecule has 0 aliphatic heterocycles. The van der Waals surface area contributed by atoms with Gasteiger partial charge in [0.05, 0.1) is 6.10 Å². The quantitative estimate of drug-likeness (QED) is 0.377. The number of aliphatic hydroxyl groups is 1. The van der Waals surface area contributed by atoms with Crippen LogP contribution >= 0.6 is 0 Å². The zero-order chi connectivity index (χ0) is 17.5. The average Bonchev–Trinajstić information content (AvgIpc) is 2.56. The van der Waals surface area contributed by atoms with E-state index in [2.05, 4.69) is 0 Å². The van der Waals surface area contributed by atoms with Crippen molar-refractivity contribution in [3.8, 4) is 23.0 Å². The molecule has 2 aromatic carbocycles. The maximum Gasteiger partial charge on any atom is 0.157 e. The van der Waals surface area contributed by atoms with Gasteiger partial charge in [-0.05, 0) is 67.5 Å². The summed E-state index contributed by atoms with van der Waals surface area (Å²) in [5, 5.41) is 47.4. The second-order valence-corrected chi connectivity index (χ2v) is 6.08. The zero-order valence-corrected chi connectivity index (χ0v) is 13.5. The standard InChI is InChI=1S/C19H24O5/c20-15(8-5-14-7-10-17(22)19(24)12-14)4-2-1-3-13-6-9-16(21)18(23)11-13/h6-7,9-12,15,20-24H,1-5,8H2/t15-/m0/s1. The maximum absolute atomic E-state index is 10.0. The smallest absolute Gasteiger partial charge is 0.157 e. The summed E-state index contributed by atoms with van der Waals surface area (Å²) < 4.78 is 0. The average molecular weight is 332 g/mol. The molecule has 0 saturated heterocycles. The lowest BCUT2D eigenvalue weighted by Crippen LogP contribution is -2.08. The van der Waals surface area contributed by atoms with Gasteiger partial charge in [-0.15, -0.1) is 0 Å². The normalized spacial score (nSPS) is 12.2. The second kappa shape index (κ2) is 8.45. The van der Waals surface area contributed by atoms with Crippen molar-refractivity contribution in [1.29, 1.82) is 0 Å². The molecule has 2 rings (SSSR count). The summed E-state index contributed by atoms with van der Waals surface area (Å²) in [5.41, 5.74) is 1.84. The van der Waals surface area contributed by atoms with E-state index in [1.165, 1.54) is 18.2 Å². The molecular weight excluding hydrogens is 308 g/mol. The minimum atomic E-state index is -0.408. The molecule has 0 heterocycles. The highest BCUT2D eigenvalue weighted by Gasteiger charge is 2.07. The van der Waals surface area contributed by atoms with E-state index in [4.69, 9.17) is 0 Å². The number of aryl methyl sites for hydroxylation is 2. The van der Waals surface area contributed by atoms with Gasteiger partial charge in [0, 0.05) is 0 Å². The first-order chi connectivity index (χ1) is 11.5. The lowest BCUT2D eigenvalue weighted by molar-refractivity contribution is 0.151. The molecule has 0 bridgehead atoms. The first-order valence-electron chi connectivity index (χ1n) is 8.15. The van der Waals surface area contributed by atoms with Crippen LogP contribution in [0.3, 0.4) is 0 Å². The van der Waals surface area contributed by atoms with E-state index in [1.54, 1.807) is 18.2 Å². The molecule has 2 aromatic rings. The van der Waals surface area contributed by atoms with Crippen LogP contribution < -0.4 is 0 Å². The largest absolute Gasteiger partial charge is 0.504 e. The summed E-state index contributed by atoms with van der Waals surface area (Å²) in [4.78, 5) is 0. The van der Waals surface area contributed by atoms with Crippen LogP contribution in [0.2, 0.25) is 0 Å². The van der Waals surface area contributed by atoms with Crippen LogP contribution in [0.1, 0.15) is 36.8 Å². The van der Waals surface area contributed by atoms with Crippen LogP contribution in [0, 0.1) is 0 Å². The number of rotatable bonds is 8. The highest BCUT2D eigenvalue weighted by molar-refractivity contribution is 5.41. The van der Waals surface area contributed by atoms with Crippen LogP contribution in [-0.4, -0.2) is 31.6 Å². The fourth-order valence-electron chi connectivity index (χ4n) is 2.64. The van der Waals surface area contributed by atoms with Gasteiger partial charge in [0.15, 0.2) is 23.0 Å². The third kappa shape index (κ3) is 5.35. The third-order valence-electron chi connectivity index (χ3n) is 4.10. The number of hydrogen-bond donors (Lipinski definition) is 5. The van der Waals surface area contributed by atoms with Gasteiger partial charge < -0.3 is 25.5 Å². The maximum atomic E-state index is 10.0. The van der Waals surface area contributed by atoms with Gasteiger partial charge in [-0.1, -0.05) is 18.6 Å². The lowest BCUT2D eigenvalue weighted by Gasteiger charge is -2.11. The Labute approximate surface area is 141 Å². The third-order valence-corrected chi connectivity index (χ3v) is 4.10. The molecule has 0 spiro atoms. The SMILES string of the molecule is Oc1ccc(CCCC[C@H](O)CCc2ccc(O)c(O)c2)cc1O. The Hall–Kier alpha value is -2.40. The molecule has 0 aromatic heterocycles. The topological polar surface area (TPSA) is 101 Å². The molecule has 0 unspecified atom stereocenters. The Bertz CT molecular complexity index is 669. The van der Waals surface area contributed by atoms with E-state index in [1.807, 2.05) is 0 Å². The van der Waals surface area contributed by atoms with Crippen molar-refractivity contribution in [2.45, 2.75) is 44.6 Å². The van der Waals surface area contributed by atoms with E-state index >= 15 is 0 Å². The van der Waals surface area contributed by atoms with Gasteiger partial charge >= 0.3 is 0 Å². The highest BCUT2D eigenvalue weighted by atomic mass is 16.3. The van der Waals surface area contributed by atoms with Crippen molar-refractivity contribution in [3.05, 3.63) is 47.5 Å². The van der Waals surface area contributed by atoms with Gasteiger partial charge in [0.1, 0.15) is 0 Å². The molecule has 130 valence electrons. The lowest BCUT2D eigenvalue weighted by atomic mass is 10.0. The monoisotopic (exact) mass is 332 g/mol. The number of phenolic OH excluding ortho intramolecular Hbond substituents is 4. The molecule has 0 amide bonds. The van der Waals surface area contributed by atoms with Gasteiger partial charge in [-0.2, -0.15) is 0 Å². The zero-order valence-electron chi connectivity index (χ0n) is 13.5. The summed E-state index contributed by atoms with van der Waals surface area (Å²) in [5.74, 6) is -0.502. The minimum absolute atomic E-state index is 0.107. The highest BCUT2D eigenvalue weighted by Crippen LogP contribution is 2.27.